The summed E-state index contributed by atoms with van der Waals surface area (Å²) in [6, 6.07) is 2.55. The number of anilines is 1. The van der Waals surface area contributed by atoms with E-state index in [0.29, 0.717) is 0 Å². The van der Waals surface area contributed by atoms with E-state index < -0.39 is 17.4 Å². The van der Waals surface area contributed by atoms with Crippen LogP contribution in [0.15, 0.2) is 11.0 Å². The van der Waals surface area contributed by atoms with Gasteiger partial charge >= 0.3 is 11.8 Å². The lowest BCUT2D eigenvalue weighted by Crippen LogP contribution is -2.28. The summed E-state index contributed by atoms with van der Waals surface area (Å²) in [6.07, 6.45) is 0.596. The molecule has 0 unspecified atom stereocenters. The molecule has 6 nitrogen and oxygen atoms in total. The van der Waals surface area contributed by atoms with Gasteiger partial charge in [0.25, 0.3) is 0 Å². The lowest BCUT2D eigenvalue weighted by Gasteiger charge is -2.19. The van der Waals surface area contributed by atoms with Gasteiger partial charge in [-0.25, -0.2) is 9.59 Å². The first-order chi connectivity index (χ1) is 6.87. The fourth-order valence-corrected chi connectivity index (χ4v) is 0.797. The second-order valence-electron chi connectivity index (χ2n) is 3.83. The van der Waals surface area contributed by atoms with E-state index in [-0.39, 0.29) is 5.82 Å². The molecule has 1 amide bonds. The number of nitrogens with zero attached hydrogens (tertiary/aromatic N) is 1. The normalized spacial score (nSPS) is 10.9. The van der Waals surface area contributed by atoms with Crippen molar-refractivity contribution in [2.75, 3.05) is 5.32 Å². The van der Waals surface area contributed by atoms with Crippen LogP contribution in [-0.2, 0) is 4.74 Å². The molecule has 1 radical (unpaired) electrons. The molecule has 0 saturated heterocycles. The molecule has 6 heteroatoms. The molecule has 15 heavy (non-hydrogen) atoms. The first kappa shape index (κ1) is 11.2. The molecule has 1 rings (SSSR count). The van der Waals surface area contributed by atoms with E-state index >= 15 is 0 Å². The van der Waals surface area contributed by atoms with E-state index in [4.69, 9.17) is 4.74 Å². The highest BCUT2D eigenvalue weighted by Gasteiger charge is 2.16. The molecular formula is C9H12N3O3. The lowest BCUT2D eigenvalue weighted by molar-refractivity contribution is 0.0635. The molecule has 1 aromatic heterocycles. The first-order valence-corrected chi connectivity index (χ1v) is 4.34. The number of carbonyl (C=O) groups excluding carboxylic acids is 1. The maximum absolute atomic E-state index is 11.2. The van der Waals surface area contributed by atoms with Gasteiger partial charge in [-0.05, 0) is 20.8 Å². The molecule has 0 fully saturated rings. The van der Waals surface area contributed by atoms with Gasteiger partial charge in [0.1, 0.15) is 5.60 Å². The third kappa shape index (κ3) is 4.26. The topological polar surface area (TPSA) is 84.1 Å². The number of ether oxygens (including phenoxy) is 1. The van der Waals surface area contributed by atoms with Crippen molar-refractivity contribution in [1.29, 1.82) is 0 Å². The van der Waals surface area contributed by atoms with Crippen molar-refractivity contribution < 1.29 is 9.53 Å². The molecule has 1 heterocycles. The van der Waals surface area contributed by atoms with Crippen LogP contribution < -0.4 is 11.0 Å². The van der Waals surface area contributed by atoms with Gasteiger partial charge < -0.3 is 9.72 Å². The highest BCUT2D eigenvalue weighted by molar-refractivity contribution is 5.83. The minimum absolute atomic E-state index is 0.0352. The van der Waals surface area contributed by atoms with E-state index in [0.717, 1.165) is 0 Å². The zero-order valence-corrected chi connectivity index (χ0v) is 8.75. The van der Waals surface area contributed by atoms with Gasteiger partial charge in [-0.3, -0.25) is 5.32 Å². The van der Waals surface area contributed by atoms with Gasteiger partial charge in [0.05, 0.1) is 0 Å². The van der Waals surface area contributed by atoms with E-state index in [1.165, 1.54) is 6.20 Å². The van der Waals surface area contributed by atoms with Gasteiger partial charge in [0.2, 0.25) is 0 Å². The first-order valence-electron chi connectivity index (χ1n) is 4.34. The Labute approximate surface area is 86.7 Å². The van der Waals surface area contributed by atoms with E-state index in [1.807, 2.05) is 0 Å². The summed E-state index contributed by atoms with van der Waals surface area (Å²) in [5, 5.41) is 2.29. The summed E-state index contributed by atoms with van der Waals surface area (Å²) in [6.45, 7) is 5.21. The van der Waals surface area contributed by atoms with Crippen molar-refractivity contribution in [2.45, 2.75) is 26.4 Å². The van der Waals surface area contributed by atoms with Crippen LogP contribution in [-0.4, -0.2) is 21.7 Å². The molecule has 0 aromatic carbocycles. The Morgan fingerprint density at radius 2 is 2.27 bits per heavy atom. The summed E-state index contributed by atoms with van der Waals surface area (Å²) in [7, 11) is 0. The Morgan fingerprint density at radius 3 is 2.80 bits per heavy atom. The molecule has 0 aliphatic rings. The van der Waals surface area contributed by atoms with E-state index in [9.17, 15) is 9.59 Å². The van der Waals surface area contributed by atoms with Crippen molar-refractivity contribution in [2.24, 2.45) is 0 Å². The minimum Gasteiger partial charge on any atom is -0.444 e. The predicted molar refractivity (Wildman–Crippen MR) is 53.6 cm³/mol. The maximum atomic E-state index is 11.2. The molecule has 0 aliphatic heterocycles. The Kier molecular flexibility index (Phi) is 3.08. The van der Waals surface area contributed by atoms with Crippen LogP contribution in [0.5, 0.6) is 0 Å². The number of amides is 1. The summed E-state index contributed by atoms with van der Waals surface area (Å²) in [5.41, 5.74) is -1.15. The second kappa shape index (κ2) is 4.12. The number of nitrogens with one attached hydrogen (secondary N) is 2. The van der Waals surface area contributed by atoms with E-state index in [1.54, 1.807) is 20.8 Å². The van der Waals surface area contributed by atoms with Crippen molar-refractivity contribution in [3.63, 3.8) is 0 Å². The van der Waals surface area contributed by atoms with Crippen LogP contribution in [0.3, 0.4) is 0 Å². The van der Waals surface area contributed by atoms with Gasteiger partial charge in [-0.2, -0.15) is 4.98 Å². The summed E-state index contributed by atoms with van der Waals surface area (Å²) >= 11 is 0. The number of hydrogen-bond donors (Lipinski definition) is 2. The van der Waals surface area contributed by atoms with Gasteiger partial charge in [-0.15, -0.1) is 0 Å². The largest absolute Gasteiger partial charge is 0.444 e. The molecule has 81 valence electrons. The third-order valence-electron chi connectivity index (χ3n) is 1.24. The lowest BCUT2D eigenvalue weighted by atomic mass is 10.2. The van der Waals surface area contributed by atoms with Crippen LogP contribution in [0.4, 0.5) is 10.6 Å². The highest BCUT2D eigenvalue weighted by Crippen LogP contribution is 2.08. The van der Waals surface area contributed by atoms with Crippen molar-refractivity contribution in [1.82, 2.24) is 9.97 Å². The molecule has 0 saturated carbocycles. The van der Waals surface area contributed by atoms with Crippen LogP contribution in [0.1, 0.15) is 20.8 Å². The SMILES string of the molecule is CC(C)(C)OC(=O)Nc1[c]c[nH]c(=O)n1. The van der Waals surface area contributed by atoms with Crippen LogP contribution in [0.2, 0.25) is 0 Å². The van der Waals surface area contributed by atoms with Crippen molar-refractivity contribution in [3.05, 3.63) is 22.7 Å². The number of hydrogen-bond acceptors (Lipinski definition) is 4. The maximum Gasteiger partial charge on any atom is 0.413 e. The molecule has 0 bridgehead atoms. The quantitative estimate of drug-likeness (QED) is 0.721. The predicted octanol–water partition coefficient (Wildman–Crippen LogP) is 0.917. The van der Waals surface area contributed by atoms with E-state index in [2.05, 4.69) is 21.4 Å². The average Bonchev–Trinajstić information content (AvgIpc) is 1.99. The van der Waals surface area contributed by atoms with Crippen LogP contribution in [0.25, 0.3) is 0 Å². The zero-order valence-electron chi connectivity index (χ0n) is 8.75. The summed E-state index contributed by atoms with van der Waals surface area (Å²) in [4.78, 5) is 27.8. The van der Waals surface area contributed by atoms with Gasteiger partial charge in [0, 0.05) is 12.3 Å². The standard InChI is InChI=1S/C9H12N3O3/c1-9(2,3)15-8(14)12-6-4-5-10-7(13)11-6/h5H,1-3H3,(H2,10,11,12,13,14). The number of carbonyl (C=O) groups is 1. The average molecular weight is 210 g/mol. The van der Waals surface area contributed by atoms with Crippen LogP contribution in [0, 0.1) is 6.07 Å². The minimum atomic E-state index is -0.670. The smallest absolute Gasteiger partial charge is 0.413 e. The number of aromatic nitrogens is 2. The highest BCUT2D eigenvalue weighted by atomic mass is 16.6. The molecular weight excluding hydrogens is 198 g/mol. The zero-order chi connectivity index (χ0) is 11.5. The fraction of sp³-hybridized carbons (Fsp3) is 0.444. The molecule has 0 spiro atoms. The molecule has 1 aromatic rings. The monoisotopic (exact) mass is 210 g/mol. The third-order valence-corrected chi connectivity index (χ3v) is 1.24. The molecule has 0 atom stereocenters. The van der Waals surface area contributed by atoms with Crippen molar-refractivity contribution >= 4 is 11.9 Å². The Morgan fingerprint density at radius 1 is 1.60 bits per heavy atom. The number of aromatic amines is 1. The summed E-state index contributed by atoms with van der Waals surface area (Å²) in [5.74, 6) is 0.0352. The van der Waals surface area contributed by atoms with Gasteiger partial charge in [-0.1, -0.05) is 0 Å². The number of H-pyrrole nitrogens is 1. The van der Waals surface area contributed by atoms with Crippen molar-refractivity contribution in [3.8, 4) is 0 Å². The Bertz CT molecular complexity index is 406. The molecule has 0 aliphatic carbocycles. The molecule has 2 N–H and O–H groups in total. The Balaban J connectivity index is 2.63. The van der Waals surface area contributed by atoms with Crippen LogP contribution >= 0.6 is 0 Å². The second-order valence-corrected chi connectivity index (χ2v) is 3.83. The summed E-state index contributed by atoms with van der Waals surface area (Å²) < 4.78 is 4.96. The Hall–Kier alpha value is -1.85. The fourth-order valence-electron chi connectivity index (χ4n) is 0.797. The number of rotatable bonds is 1. The van der Waals surface area contributed by atoms with Gasteiger partial charge in [0.15, 0.2) is 5.82 Å².